The maximum absolute atomic E-state index is 13.8. The Labute approximate surface area is 171 Å². The summed E-state index contributed by atoms with van der Waals surface area (Å²) in [5.41, 5.74) is 2.67. The van der Waals surface area contributed by atoms with Gasteiger partial charge in [0.2, 0.25) is 5.91 Å². The van der Waals surface area contributed by atoms with Crippen LogP contribution in [0.5, 0.6) is 0 Å². The van der Waals surface area contributed by atoms with Gasteiger partial charge in [0.15, 0.2) is 0 Å². The minimum absolute atomic E-state index is 0.0575. The van der Waals surface area contributed by atoms with Crippen LogP contribution in [0.25, 0.3) is 0 Å². The summed E-state index contributed by atoms with van der Waals surface area (Å²) in [7, 11) is 0. The van der Waals surface area contributed by atoms with Crippen molar-refractivity contribution in [2.75, 3.05) is 19.6 Å². The molecule has 3 rings (SSSR count). The average molecular weight is 397 g/mol. The van der Waals surface area contributed by atoms with Crippen LogP contribution < -0.4 is 10.6 Å². The Morgan fingerprint density at radius 3 is 2.48 bits per heavy atom. The monoisotopic (exact) mass is 397 g/mol. The Hall–Kier alpha value is -2.73. The van der Waals surface area contributed by atoms with Crippen molar-refractivity contribution in [2.24, 2.45) is 5.92 Å². The third-order valence-electron chi connectivity index (χ3n) is 5.29. The predicted molar refractivity (Wildman–Crippen MR) is 111 cm³/mol. The first-order valence-electron chi connectivity index (χ1n) is 10.1. The molecule has 0 spiro atoms. The van der Waals surface area contributed by atoms with Gasteiger partial charge in [0.25, 0.3) is 5.91 Å². The third kappa shape index (κ3) is 5.41. The number of hydrogen-bond acceptors (Lipinski definition) is 3. The van der Waals surface area contributed by atoms with E-state index in [-0.39, 0.29) is 17.4 Å². The number of halogens is 1. The summed E-state index contributed by atoms with van der Waals surface area (Å²) in [6.45, 7) is 6.79. The second-order valence-electron chi connectivity index (χ2n) is 7.76. The molecule has 29 heavy (non-hydrogen) atoms. The van der Waals surface area contributed by atoms with Crippen LogP contribution in [0.15, 0.2) is 48.5 Å². The van der Waals surface area contributed by atoms with E-state index in [0.717, 1.165) is 26.1 Å². The highest BCUT2D eigenvalue weighted by molar-refractivity contribution is 5.97. The Balaban J connectivity index is 1.51. The summed E-state index contributed by atoms with van der Waals surface area (Å²) in [6, 6.07) is 13.5. The smallest absolute Gasteiger partial charge is 0.254 e. The van der Waals surface area contributed by atoms with Gasteiger partial charge in [0, 0.05) is 26.2 Å². The Morgan fingerprint density at radius 1 is 1.07 bits per heavy atom. The maximum Gasteiger partial charge on any atom is 0.254 e. The molecule has 0 fully saturated rings. The minimum atomic E-state index is -0.718. The zero-order chi connectivity index (χ0) is 20.8. The molecule has 1 atom stereocenters. The van der Waals surface area contributed by atoms with Gasteiger partial charge in [-0.15, -0.1) is 0 Å². The second kappa shape index (κ2) is 9.65. The average Bonchev–Trinajstić information content (AvgIpc) is 2.71. The van der Waals surface area contributed by atoms with E-state index in [4.69, 9.17) is 0 Å². The van der Waals surface area contributed by atoms with Gasteiger partial charge in [0.1, 0.15) is 11.9 Å². The summed E-state index contributed by atoms with van der Waals surface area (Å²) < 4.78 is 13.8. The fourth-order valence-corrected chi connectivity index (χ4v) is 3.59. The van der Waals surface area contributed by atoms with E-state index in [0.29, 0.717) is 6.54 Å². The van der Waals surface area contributed by atoms with Crippen molar-refractivity contribution in [1.29, 1.82) is 0 Å². The summed E-state index contributed by atoms with van der Waals surface area (Å²) in [4.78, 5) is 27.3. The lowest BCUT2D eigenvalue weighted by Crippen LogP contribution is -2.51. The van der Waals surface area contributed by atoms with Gasteiger partial charge in [-0.25, -0.2) is 4.39 Å². The van der Waals surface area contributed by atoms with Crippen molar-refractivity contribution >= 4 is 11.8 Å². The largest absolute Gasteiger partial charge is 0.353 e. The van der Waals surface area contributed by atoms with Gasteiger partial charge < -0.3 is 10.6 Å². The van der Waals surface area contributed by atoms with Gasteiger partial charge >= 0.3 is 0 Å². The fraction of sp³-hybridized carbons (Fsp3) is 0.391. The van der Waals surface area contributed by atoms with E-state index in [1.807, 2.05) is 13.8 Å². The van der Waals surface area contributed by atoms with Gasteiger partial charge in [-0.05, 0) is 35.6 Å². The normalized spacial score (nSPS) is 14.9. The lowest BCUT2D eigenvalue weighted by Gasteiger charge is -2.29. The molecule has 0 radical (unpaired) electrons. The summed E-state index contributed by atoms with van der Waals surface area (Å²) >= 11 is 0. The van der Waals surface area contributed by atoms with Crippen LogP contribution in [0.2, 0.25) is 0 Å². The molecule has 154 valence electrons. The highest BCUT2D eigenvalue weighted by Gasteiger charge is 2.25. The molecule has 0 saturated carbocycles. The topological polar surface area (TPSA) is 61.4 Å². The lowest BCUT2D eigenvalue weighted by atomic mass is 10.00. The second-order valence-corrected chi connectivity index (χ2v) is 7.76. The van der Waals surface area contributed by atoms with Gasteiger partial charge in [-0.3, -0.25) is 14.5 Å². The number of carbonyl (C=O) groups is 2. The Bertz CT molecular complexity index is 869. The molecule has 1 heterocycles. The molecule has 6 heteroatoms. The van der Waals surface area contributed by atoms with Crippen LogP contribution in [0, 0.1) is 11.7 Å². The molecular weight excluding hydrogens is 369 g/mol. The molecule has 0 aromatic heterocycles. The summed E-state index contributed by atoms with van der Waals surface area (Å²) in [5.74, 6) is -1.54. The van der Waals surface area contributed by atoms with Gasteiger partial charge in [0.05, 0.1) is 5.56 Å². The molecule has 0 unspecified atom stereocenters. The van der Waals surface area contributed by atoms with Crippen LogP contribution in [-0.2, 0) is 17.8 Å². The number of amides is 2. The van der Waals surface area contributed by atoms with E-state index < -0.39 is 17.8 Å². The zero-order valence-electron chi connectivity index (χ0n) is 17.0. The SMILES string of the molecule is CC(C)[C@@H](NC(=O)c1ccccc1F)C(=O)NCCN1CCc2ccccc2C1. The first kappa shape index (κ1) is 21.0. The number of nitrogens with zero attached hydrogens (tertiary/aromatic N) is 1. The number of hydrogen-bond donors (Lipinski definition) is 2. The van der Waals surface area contributed by atoms with Crippen molar-refractivity contribution in [3.63, 3.8) is 0 Å². The zero-order valence-corrected chi connectivity index (χ0v) is 17.0. The van der Waals surface area contributed by atoms with E-state index in [1.165, 1.54) is 29.3 Å². The van der Waals surface area contributed by atoms with Gasteiger partial charge in [-0.1, -0.05) is 50.2 Å². The highest BCUT2D eigenvalue weighted by Crippen LogP contribution is 2.17. The van der Waals surface area contributed by atoms with Crippen LogP contribution in [-0.4, -0.2) is 42.4 Å². The molecule has 0 bridgehead atoms. The summed E-state index contributed by atoms with van der Waals surface area (Å²) in [6.07, 6.45) is 1.01. The lowest BCUT2D eigenvalue weighted by molar-refractivity contribution is -0.124. The molecule has 2 aromatic carbocycles. The molecule has 1 aliphatic rings. The predicted octanol–water partition coefficient (Wildman–Crippen LogP) is 2.75. The highest BCUT2D eigenvalue weighted by atomic mass is 19.1. The first-order valence-corrected chi connectivity index (χ1v) is 10.1. The van der Waals surface area contributed by atoms with E-state index >= 15 is 0 Å². The molecule has 2 N–H and O–H groups in total. The standard InChI is InChI=1S/C23H28FN3O2/c1-16(2)21(26-22(28)19-9-5-6-10-20(19)24)23(29)25-12-14-27-13-11-17-7-3-4-8-18(17)15-27/h3-10,16,21H,11-15H2,1-2H3,(H,25,29)(H,26,28)/t21-/m1/s1. The molecule has 0 aliphatic carbocycles. The molecule has 2 aromatic rings. The number of carbonyl (C=O) groups excluding carboxylic acids is 2. The molecule has 5 nitrogen and oxygen atoms in total. The van der Waals surface area contributed by atoms with Crippen LogP contribution in [0.4, 0.5) is 4.39 Å². The van der Waals surface area contributed by atoms with E-state index in [2.05, 4.69) is 39.8 Å². The molecular formula is C23H28FN3O2. The van der Waals surface area contributed by atoms with E-state index in [1.54, 1.807) is 6.07 Å². The van der Waals surface area contributed by atoms with Crippen molar-refractivity contribution in [3.8, 4) is 0 Å². The minimum Gasteiger partial charge on any atom is -0.353 e. The number of benzene rings is 2. The van der Waals surface area contributed by atoms with Gasteiger partial charge in [-0.2, -0.15) is 0 Å². The van der Waals surface area contributed by atoms with Crippen LogP contribution in [0.1, 0.15) is 35.3 Å². The third-order valence-corrected chi connectivity index (χ3v) is 5.29. The summed E-state index contributed by atoms with van der Waals surface area (Å²) in [5, 5.41) is 5.59. The van der Waals surface area contributed by atoms with Crippen molar-refractivity contribution in [3.05, 3.63) is 71.0 Å². The maximum atomic E-state index is 13.8. The fourth-order valence-electron chi connectivity index (χ4n) is 3.59. The first-order chi connectivity index (χ1) is 14.0. The van der Waals surface area contributed by atoms with Crippen molar-refractivity contribution in [1.82, 2.24) is 15.5 Å². The van der Waals surface area contributed by atoms with Crippen molar-refractivity contribution < 1.29 is 14.0 Å². The van der Waals surface area contributed by atoms with Crippen LogP contribution >= 0.6 is 0 Å². The van der Waals surface area contributed by atoms with Crippen LogP contribution in [0.3, 0.4) is 0 Å². The molecule has 1 aliphatic heterocycles. The Kier molecular flexibility index (Phi) is 6.99. The quantitative estimate of drug-likeness (QED) is 0.755. The molecule has 2 amide bonds. The van der Waals surface area contributed by atoms with E-state index in [9.17, 15) is 14.0 Å². The van der Waals surface area contributed by atoms with Crippen molar-refractivity contribution in [2.45, 2.75) is 32.9 Å². The number of nitrogens with one attached hydrogen (secondary N) is 2. The number of fused-ring (bicyclic) bond motifs is 1. The molecule has 0 saturated heterocycles. The Morgan fingerprint density at radius 2 is 1.76 bits per heavy atom. The number of rotatable bonds is 7.